The SMILES string of the molecule is CCc1ncc(C(=O)C[C@@]2(C(=O)NCc3ncc(Nc4c(F)cccc4C(C)(F)F)cc3Cl)CCOC2)cn1. The molecule has 2 aromatic heterocycles. The number of ketones is 1. The molecule has 1 fully saturated rings. The number of aryl methyl sites for hydroxylation is 1. The van der Waals surface area contributed by atoms with Gasteiger partial charge in [-0.25, -0.2) is 23.1 Å². The first-order chi connectivity index (χ1) is 18.5. The van der Waals surface area contributed by atoms with Crippen LogP contribution in [0.5, 0.6) is 0 Å². The van der Waals surface area contributed by atoms with Gasteiger partial charge in [-0.3, -0.25) is 14.6 Å². The molecule has 1 saturated heterocycles. The predicted octanol–water partition coefficient (Wildman–Crippen LogP) is 5.38. The molecule has 12 heteroatoms. The fraction of sp³-hybridized carbons (Fsp3) is 0.370. The largest absolute Gasteiger partial charge is 0.380 e. The van der Waals surface area contributed by atoms with Crippen LogP contribution in [0.3, 0.4) is 0 Å². The second-order valence-corrected chi connectivity index (χ2v) is 9.84. The molecule has 206 valence electrons. The summed E-state index contributed by atoms with van der Waals surface area (Å²) < 4.78 is 47.7. The van der Waals surface area contributed by atoms with E-state index in [2.05, 4.69) is 25.6 Å². The number of para-hydroxylation sites is 1. The van der Waals surface area contributed by atoms with Crippen molar-refractivity contribution in [1.82, 2.24) is 20.3 Å². The summed E-state index contributed by atoms with van der Waals surface area (Å²) in [4.78, 5) is 38.6. The number of alkyl halides is 2. The first-order valence-corrected chi connectivity index (χ1v) is 12.7. The smallest absolute Gasteiger partial charge is 0.272 e. The van der Waals surface area contributed by atoms with Crippen molar-refractivity contribution in [3.63, 3.8) is 0 Å². The molecule has 0 bridgehead atoms. The lowest BCUT2D eigenvalue weighted by molar-refractivity contribution is -0.131. The van der Waals surface area contributed by atoms with E-state index in [1.54, 1.807) is 0 Å². The van der Waals surface area contributed by atoms with Gasteiger partial charge in [-0.1, -0.05) is 30.7 Å². The van der Waals surface area contributed by atoms with Gasteiger partial charge in [0.15, 0.2) is 5.78 Å². The van der Waals surface area contributed by atoms with E-state index in [9.17, 15) is 22.8 Å². The van der Waals surface area contributed by atoms with Crippen molar-refractivity contribution in [2.45, 2.75) is 45.6 Å². The van der Waals surface area contributed by atoms with E-state index in [4.69, 9.17) is 16.3 Å². The van der Waals surface area contributed by atoms with E-state index >= 15 is 0 Å². The predicted molar refractivity (Wildman–Crippen MR) is 139 cm³/mol. The third-order valence-electron chi connectivity index (χ3n) is 6.52. The molecule has 0 aliphatic carbocycles. The zero-order valence-electron chi connectivity index (χ0n) is 21.4. The van der Waals surface area contributed by atoms with Crippen molar-refractivity contribution >= 4 is 34.7 Å². The maximum atomic E-state index is 14.3. The fourth-order valence-electron chi connectivity index (χ4n) is 4.27. The van der Waals surface area contributed by atoms with Crippen molar-refractivity contribution < 1.29 is 27.5 Å². The Morgan fingerprint density at radius 3 is 2.54 bits per heavy atom. The summed E-state index contributed by atoms with van der Waals surface area (Å²) in [6.45, 7) is 2.94. The molecule has 1 aliphatic heterocycles. The number of nitrogens with zero attached hydrogens (tertiary/aromatic N) is 3. The highest BCUT2D eigenvalue weighted by molar-refractivity contribution is 6.31. The number of amides is 1. The second kappa shape index (κ2) is 11.7. The minimum Gasteiger partial charge on any atom is -0.380 e. The van der Waals surface area contributed by atoms with Crippen LogP contribution in [0.15, 0.2) is 42.9 Å². The lowest BCUT2D eigenvalue weighted by atomic mass is 9.80. The van der Waals surface area contributed by atoms with E-state index < -0.39 is 22.7 Å². The Hall–Kier alpha value is -3.57. The zero-order chi connectivity index (χ0) is 28.2. The Kier molecular flexibility index (Phi) is 8.51. The number of rotatable bonds is 10. The number of pyridine rings is 1. The molecule has 2 N–H and O–H groups in total. The molecular weight excluding hydrogens is 535 g/mol. The van der Waals surface area contributed by atoms with Crippen molar-refractivity contribution in [3.05, 3.63) is 76.3 Å². The van der Waals surface area contributed by atoms with Gasteiger partial charge in [0.1, 0.15) is 11.6 Å². The summed E-state index contributed by atoms with van der Waals surface area (Å²) in [6, 6.07) is 4.80. The molecule has 0 radical (unpaired) electrons. The van der Waals surface area contributed by atoms with Crippen LogP contribution >= 0.6 is 11.6 Å². The van der Waals surface area contributed by atoms with Crippen LogP contribution < -0.4 is 10.6 Å². The maximum Gasteiger partial charge on any atom is 0.272 e. The topological polar surface area (TPSA) is 106 Å². The minimum absolute atomic E-state index is 0.0554. The van der Waals surface area contributed by atoms with Crippen molar-refractivity contribution in [2.24, 2.45) is 5.41 Å². The number of benzene rings is 1. The molecule has 0 unspecified atom stereocenters. The van der Waals surface area contributed by atoms with Crippen LogP contribution in [0.1, 0.15) is 54.1 Å². The Balaban J connectivity index is 1.44. The Morgan fingerprint density at radius 1 is 1.18 bits per heavy atom. The average Bonchev–Trinajstić information content (AvgIpc) is 3.38. The van der Waals surface area contributed by atoms with Gasteiger partial charge >= 0.3 is 0 Å². The van der Waals surface area contributed by atoms with Crippen LogP contribution in [-0.4, -0.2) is 39.9 Å². The number of hydrogen-bond donors (Lipinski definition) is 2. The monoisotopic (exact) mass is 561 g/mol. The quantitative estimate of drug-likeness (QED) is 0.320. The molecule has 3 heterocycles. The van der Waals surface area contributed by atoms with Crippen LogP contribution in [0.4, 0.5) is 24.5 Å². The Labute approximate surface area is 228 Å². The van der Waals surface area contributed by atoms with E-state index in [0.29, 0.717) is 43.5 Å². The number of aromatic nitrogens is 3. The second-order valence-electron chi connectivity index (χ2n) is 9.44. The summed E-state index contributed by atoms with van der Waals surface area (Å²) in [5.41, 5.74) is -1.16. The van der Waals surface area contributed by atoms with Gasteiger partial charge in [0.05, 0.1) is 52.4 Å². The highest BCUT2D eigenvalue weighted by Gasteiger charge is 2.44. The third kappa shape index (κ3) is 6.54. The number of ether oxygens (including phenoxy) is 1. The molecule has 4 rings (SSSR count). The number of carbonyl (C=O) groups is 2. The van der Waals surface area contributed by atoms with Crippen LogP contribution in [-0.2, 0) is 28.4 Å². The lowest BCUT2D eigenvalue weighted by Crippen LogP contribution is -2.43. The number of anilines is 2. The number of halogens is 4. The summed E-state index contributed by atoms with van der Waals surface area (Å²) in [6.07, 6.45) is 5.14. The van der Waals surface area contributed by atoms with Gasteiger partial charge in [-0.05, 0) is 18.6 Å². The molecule has 0 spiro atoms. The molecular formula is C27H27ClF3N5O3. The van der Waals surface area contributed by atoms with Gasteiger partial charge in [0.25, 0.3) is 5.92 Å². The zero-order valence-corrected chi connectivity index (χ0v) is 22.1. The van der Waals surface area contributed by atoms with Gasteiger partial charge in [-0.15, -0.1) is 0 Å². The summed E-state index contributed by atoms with van der Waals surface area (Å²) in [7, 11) is 0. The Morgan fingerprint density at radius 2 is 1.92 bits per heavy atom. The molecule has 1 aliphatic rings. The highest BCUT2D eigenvalue weighted by atomic mass is 35.5. The third-order valence-corrected chi connectivity index (χ3v) is 6.84. The highest BCUT2D eigenvalue weighted by Crippen LogP contribution is 2.37. The average molecular weight is 562 g/mol. The van der Waals surface area contributed by atoms with Gasteiger partial charge in [-0.2, -0.15) is 0 Å². The van der Waals surface area contributed by atoms with Gasteiger partial charge in [0.2, 0.25) is 5.91 Å². The van der Waals surface area contributed by atoms with E-state index in [-0.39, 0.29) is 47.7 Å². The molecule has 1 amide bonds. The van der Waals surface area contributed by atoms with E-state index in [1.807, 2.05) is 6.92 Å². The van der Waals surface area contributed by atoms with Gasteiger partial charge in [0, 0.05) is 44.3 Å². The standard InChI is InChI=1S/C27H27ClF3N5O3/c1-3-23-33-11-16(12-34-23)22(37)10-27(7-8-39-15-27)25(38)35-14-21-19(28)9-17(13-32-21)36-24-18(26(2,30)31)5-4-6-20(24)29/h4-6,9,11-13,36H,3,7-8,10,14-15H2,1-2H3,(H,35,38)/t27-/m0/s1. The lowest BCUT2D eigenvalue weighted by Gasteiger charge is -2.25. The normalized spacial score (nSPS) is 17.2. The summed E-state index contributed by atoms with van der Waals surface area (Å²) in [5.74, 6) is -4.17. The minimum atomic E-state index is -3.28. The molecule has 0 saturated carbocycles. The molecule has 8 nitrogen and oxygen atoms in total. The van der Waals surface area contributed by atoms with E-state index in [0.717, 1.165) is 12.1 Å². The first kappa shape index (κ1) is 28.4. The van der Waals surface area contributed by atoms with Gasteiger partial charge < -0.3 is 15.4 Å². The van der Waals surface area contributed by atoms with Crippen LogP contribution in [0, 0.1) is 11.2 Å². The number of nitrogens with one attached hydrogen (secondary N) is 2. The molecule has 1 aromatic carbocycles. The van der Waals surface area contributed by atoms with Crippen molar-refractivity contribution in [3.8, 4) is 0 Å². The van der Waals surface area contributed by atoms with Crippen LogP contribution in [0.25, 0.3) is 0 Å². The van der Waals surface area contributed by atoms with Crippen molar-refractivity contribution in [2.75, 3.05) is 18.5 Å². The number of Topliss-reactive ketones (excluding diaryl/α,β-unsaturated/α-hetero) is 1. The maximum absolute atomic E-state index is 14.3. The molecule has 3 aromatic rings. The molecule has 1 atom stereocenters. The summed E-state index contributed by atoms with van der Waals surface area (Å²) in [5, 5.41) is 5.53. The molecule has 39 heavy (non-hydrogen) atoms. The number of carbonyl (C=O) groups excluding carboxylic acids is 2. The number of hydrogen-bond acceptors (Lipinski definition) is 7. The van der Waals surface area contributed by atoms with Crippen LogP contribution in [0.2, 0.25) is 5.02 Å². The summed E-state index contributed by atoms with van der Waals surface area (Å²) >= 11 is 6.34. The Bertz CT molecular complexity index is 1360. The van der Waals surface area contributed by atoms with Crippen molar-refractivity contribution in [1.29, 1.82) is 0 Å². The fourth-order valence-corrected chi connectivity index (χ4v) is 4.51. The first-order valence-electron chi connectivity index (χ1n) is 12.3. The van der Waals surface area contributed by atoms with E-state index in [1.165, 1.54) is 30.7 Å².